The lowest BCUT2D eigenvalue weighted by Crippen LogP contribution is -2.23. The Bertz CT molecular complexity index is 1290. The summed E-state index contributed by atoms with van der Waals surface area (Å²) >= 11 is 1.45. The quantitative estimate of drug-likeness (QED) is 0.345. The third-order valence-corrected chi connectivity index (χ3v) is 6.14. The number of rotatable bonds is 6. The molecule has 4 aromatic rings. The van der Waals surface area contributed by atoms with Crippen LogP contribution in [0.2, 0.25) is 0 Å². The molecular formula is C23H23N3O2S. The number of carbonyl (C=O) groups excluding carboxylic acids is 1. The fourth-order valence-corrected chi connectivity index (χ4v) is 4.59. The number of nitrogens with zero attached hydrogens (tertiary/aromatic N) is 3. The Labute approximate surface area is 173 Å². The zero-order valence-corrected chi connectivity index (χ0v) is 17.6. The molecule has 0 unspecified atom stereocenters. The number of thioether (sulfide) groups is 1. The van der Waals surface area contributed by atoms with Crippen LogP contribution >= 0.6 is 11.8 Å². The molecule has 0 aliphatic carbocycles. The summed E-state index contributed by atoms with van der Waals surface area (Å²) in [4.78, 5) is 30.0. The fraction of sp³-hybridized carbons (Fsp3) is 0.261. The van der Waals surface area contributed by atoms with E-state index in [9.17, 15) is 9.59 Å². The molecular weight excluding hydrogens is 382 g/mol. The highest BCUT2D eigenvalue weighted by Gasteiger charge is 2.15. The van der Waals surface area contributed by atoms with Crippen LogP contribution in [0.15, 0.2) is 58.4 Å². The van der Waals surface area contributed by atoms with Crippen molar-refractivity contribution in [2.24, 2.45) is 0 Å². The fourth-order valence-electron chi connectivity index (χ4n) is 3.72. The molecule has 0 radical (unpaired) electrons. The first-order chi connectivity index (χ1) is 14.0. The van der Waals surface area contributed by atoms with Gasteiger partial charge in [-0.25, -0.2) is 9.78 Å². The molecule has 4 rings (SSSR count). The van der Waals surface area contributed by atoms with Gasteiger partial charge in [-0.1, -0.05) is 30.0 Å². The summed E-state index contributed by atoms with van der Waals surface area (Å²) in [6, 6.07) is 15.6. The molecule has 0 fully saturated rings. The molecule has 0 N–H and O–H groups in total. The number of aryl methyl sites for hydroxylation is 3. The Morgan fingerprint density at radius 3 is 2.48 bits per heavy atom. The van der Waals surface area contributed by atoms with Gasteiger partial charge in [0.15, 0.2) is 5.78 Å². The van der Waals surface area contributed by atoms with Crippen LogP contribution in [0.3, 0.4) is 0 Å². The summed E-state index contributed by atoms with van der Waals surface area (Å²) in [6.07, 6.45) is 0. The van der Waals surface area contributed by atoms with E-state index in [1.54, 1.807) is 9.13 Å². The van der Waals surface area contributed by atoms with E-state index in [-0.39, 0.29) is 11.5 Å². The maximum Gasteiger partial charge on any atom is 0.329 e. The lowest BCUT2D eigenvalue weighted by molar-refractivity contribution is 0.102. The van der Waals surface area contributed by atoms with Gasteiger partial charge in [0.25, 0.3) is 0 Å². The zero-order valence-electron chi connectivity index (χ0n) is 16.8. The van der Waals surface area contributed by atoms with Crippen LogP contribution in [-0.2, 0) is 13.1 Å². The van der Waals surface area contributed by atoms with Crippen LogP contribution in [0.1, 0.15) is 29.8 Å². The Morgan fingerprint density at radius 2 is 1.72 bits per heavy atom. The molecule has 2 aromatic carbocycles. The van der Waals surface area contributed by atoms with Crippen molar-refractivity contribution in [3.8, 4) is 0 Å². The second-order valence-corrected chi connectivity index (χ2v) is 7.98. The maximum atomic E-state index is 12.8. The van der Waals surface area contributed by atoms with Crippen molar-refractivity contribution >= 4 is 39.5 Å². The number of aromatic nitrogens is 3. The molecule has 0 bridgehead atoms. The number of hydrogen-bond acceptors (Lipinski definition) is 4. The highest BCUT2D eigenvalue weighted by Crippen LogP contribution is 2.25. The molecule has 0 spiro atoms. The Hall–Kier alpha value is -2.86. The average Bonchev–Trinajstić information content (AvgIpc) is 3.01. The number of fused-ring (bicyclic) bond motifs is 2. The number of para-hydroxylation sites is 1. The summed E-state index contributed by atoms with van der Waals surface area (Å²) in [5.41, 5.74) is 4.37. The number of ketones is 1. The molecule has 0 amide bonds. The number of pyridine rings is 1. The minimum Gasteiger partial charge on any atom is -0.293 e. The van der Waals surface area contributed by atoms with Gasteiger partial charge in [0.2, 0.25) is 0 Å². The number of Topliss-reactive ketones (excluding diaryl/α,β-unsaturated/α-hetero) is 1. The number of benzene rings is 2. The van der Waals surface area contributed by atoms with E-state index in [1.165, 1.54) is 11.8 Å². The van der Waals surface area contributed by atoms with E-state index in [1.807, 2.05) is 56.3 Å². The maximum absolute atomic E-state index is 12.8. The van der Waals surface area contributed by atoms with Crippen LogP contribution in [0.4, 0.5) is 0 Å². The Morgan fingerprint density at radius 1 is 1.00 bits per heavy atom. The SMILES string of the molecule is CCn1c(=O)n(CC)c2cc(C(=O)CSc3cc(C)c4ccccc4n3)ccc21. The van der Waals surface area contributed by atoms with E-state index in [0.717, 1.165) is 32.5 Å². The van der Waals surface area contributed by atoms with E-state index in [2.05, 4.69) is 18.0 Å². The van der Waals surface area contributed by atoms with Gasteiger partial charge in [-0.05, 0) is 56.7 Å². The van der Waals surface area contributed by atoms with Gasteiger partial charge < -0.3 is 0 Å². The van der Waals surface area contributed by atoms with Gasteiger partial charge in [-0.3, -0.25) is 13.9 Å². The molecule has 148 valence electrons. The Kier molecular flexibility index (Phi) is 5.28. The predicted octanol–water partition coefficient (Wildman–Crippen LogP) is 4.67. The first-order valence-corrected chi connectivity index (χ1v) is 10.8. The summed E-state index contributed by atoms with van der Waals surface area (Å²) in [7, 11) is 0. The lowest BCUT2D eigenvalue weighted by Gasteiger charge is -2.06. The van der Waals surface area contributed by atoms with Crippen molar-refractivity contribution in [3.63, 3.8) is 0 Å². The third-order valence-electron chi connectivity index (χ3n) is 5.22. The molecule has 29 heavy (non-hydrogen) atoms. The monoisotopic (exact) mass is 405 g/mol. The highest BCUT2D eigenvalue weighted by atomic mass is 32.2. The van der Waals surface area contributed by atoms with Gasteiger partial charge in [0.05, 0.1) is 27.3 Å². The largest absolute Gasteiger partial charge is 0.329 e. The minimum atomic E-state index is -0.0280. The van der Waals surface area contributed by atoms with Crippen LogP contribution in [0.5, 0.6) is 0 Å². The Balaban J connectivity index is 1.60. The standard InChI is InChI=1S/C23H23N3O2S/c1-4-25-19-11-10-16(13-20(19)26(5-2)23(25)28)21(27)14-29-22-12-15(3)17-8-6-7-9-18(17)24-22/h6-13H,4-5,14H2,1-3H3. The molecule has 2 aromatic heterocycles. The third kappa shape index (κ3) is 3.49. The van der Waals surface area contributed by atoms with Crippen molar-refractivity contribution in [1.29, 1.82) is 0 Å². The van der Waals surface area contributed by atoms with Crippen LogP contribution < -0.4 is 5.69 Å². The highest BCUT2D eigenvalue weighted by molar-refractivity contribution is 7.99. The van der Waals surface area contributed by atoms with Crippen molar-refractivity contribution < 1.29 is 4.79 Å². The molecule has 0 saturated heterocycles. The second kappa shape index (κ2) is 7.87. The number of hydrogen-bond donors (Lipinski definition) is 0. The van der Waals surface area contributed by atoms with Gasteiger partial charge in [-0.15, -0.1) is 0 Å². The van der Waals surface area contributed by atoms with Gasteiger partial charge in [0.1, 0.15) is 0 Å². The molecule has 0 atom stereocenters. The molecule has 0 aliphatic rings. The predicted molar refractivity (Wildman–Crippen MR) is 119 cm³/mol. The summed E-state index contributed by atoms with van der Waals surface area (Å²) in [5, 5.41) is 1.98. The molecule has 6 heteroatoms. The summed E-state index contributed by atoms with van der Waals surface area (Å²) in [5.74, 6) is 0.338. The van der Waals surface area contributed by atoms with E-state index in [4.69, 9.17) is 0 Å². The van der Waals surface area contributed by atoms with Crippen LogP contribution in [0.25, 0.3) is 21.9 Å². The minimum absolute atomic E-state index is 0.0280. The number of carbonyl (C=O) groups is 1. The van der Waals surface area contributed by atoms with Gasteiger partial charge in [-0.2, -0.15) is 0 Å². The molecule has 5 nitrogen and oxygen atoms in total. The van der Waals surface area contributed by atoms with Crippen LogP contribution in [-0.4, -0.2) is 25.7 Å². The van der Waals surface area contributed by atoms with Crippen molar-refractivity contribution in [3.05, 3.63) is 70.1 Å². The average molecular weight is 406 g/mol. The van der Waals surface area contributed by atoms with Crippen molar-refractivity contribution in [2.45, 2.75) is 38.9 Å². The first-order valence-electron chi connectivity index (χ1n) is 9.79. The first kappa shape index (κ1) is 19.5. The van der Waals surface area contributed by atoms with Crippen molar-refractivity contribution in [2.75, 3.05) is 5.75 Å². The lowest BCUT2D eigenvalue weighted by atomic mass is 10.1. The second-order valence-electron chi connectivity index (χ2n) is 6.98. The summed E-state index contributed by atoms with van der Waals surface area (Å²) in [6.45, 7) is 7.15. The smallest absolute Gasteiger partial charge is 0.293 e. The zero-order chi connectivity index (χ0) is 20.5. The molecule has 0 saturated carbocycles. The van der Waals surface area contributed by atoms with Crippen LogP contribution in [0, 0.1) is 6.92 Å². The van der Waals surface area contributed by atoms with Gasteiger partial charge in [0, 0.05) is 24.0 Å². The summed E-state index contributed by atoms with van der Waals surface area (Å²) < 4.78 is 3.46. The van der Waals surface area contributed by atoms with Crippen molar-refractivity contribution in [1.82, 2.24) is 14.1 Å². The van der Waals surface area contributed by atoms with E-state index < -0.39 is 0 Å². The van der Waals surface area contributed by atoms with E-state index >= 15 is 0 Å². The molecule has 0 aliphatic heterocycles. The number of imidazole rings is 1. The molecule has 2 heterocycles. The normalized spacial score (nSPS) is 11.4. The topological polar surface area (TPSA) is 56.9 Å². The van der Waals surface area contributed by atoms with Gasteiger partial charge >= 0.3 is 5.69 Å². The van der Waals surface area contributed by atoms with E-state index in [0.29, 0.717) is 24.4 Å².